The van der Waals surface area contributed by atoms with E-state index in [4.69, 9.17) is 0 Å². The fourth-order valence-electron chi connectivity index (χ4n) is 1.86. The number of amides is 2. The van der Waals surface area contributed by atoms with Gasteiger partial charge in [0, 0.05) is 4.88 Å². The van der Waals surface area contributed by atoms with Gasteiger partial charge in [0.05, 0.1) is 10.6 Å². The molecule has 22 heavy (non-hydrogen) atoms. The molecule has 0 unspecified atom stereocenters. The Morgan fingerprint density at radius 3 is 2.50 bits per heavy atom. The molecule has 2 rings (SSSR count). The van der Waals surface area contributed by atoms with Gasteiger partial charge in [0.1, 0.15) is 6.04 Å². The van der Waals surface area contributed by atoms with Crippen LogP contribution in [-0.2, 0) is 4.79 Å². The van der Waals surface area contributed by atoms with Crippen LogP contribution in [0.15, 0.2) is 17.5 Å². The highest BCUT2D eigenvalue weighted by Crippen LogP contribution is 2.21. The summed E-state index contributed by atoms with van der Waals surface area (Å²) in [7, 11) is 0. The molecule has 118 valence electrons. The third-order valence-corrected chi connectivity index (χ3v) is 5.10. The molecule has 0 fully saturated rings. The maximum absolute atomic E-state index is 12.4. The number of nitrogens with zero attached hydrogens (tertiary/aromatic N) is 1. The van der Waals surface area contributed by atoms with Crippen molar-refractivity contribution in [2.24, 2.45) is 5.92 Å². The molecule has 0 aliphatic rings. The molecule has 0 bridgehead atoms. The number of thiazole rings is 1. The van der Waals surface area contributed by atoms with E-state index in [1.54, 1.807) is 6.07 Å². The number of thiophene rings is 1. The van der Waals surface area contributed by atoms with E-state index in [-0.39, 0.29) is 17.7 Å². The Morgan fingerprint density at radius 1 is 1.27 bits per heavy atom. The molecule has 1 atom stereocenters. The number of aromatic nitrogens is 1. The Balaban J connectivity index is 2.07. The van der Waals surface area contributed by atoms with Gasteiger partial charge in [-0.2, -0.15) is 0 Å². The van der Waals surface area contributed by atoms with Gasteiger partial charge in [0.2, 0.25) is 5.91 Å². The molecule has 2 amide bonds. The normalized spacial score (nSPS) is 12.2. The zero-order chi connectivity index (χ0) is 16.3. The van der Waals surface area contributed by atoms with Crippen molar-refractivity contribution in [3.8, 4) is 0 Å². The molecule has 0 aromatic carbocycles. The number of carbonyl (C=O) groups is 2. The Hall–Kier alpha value is -1.73. The van der Waals surface area contributed by atoms with Crippen LogP contribution in [0.5, 0.6) is 0 Å². The molecule has 7 heteroatoms. The third kappa shape index (κ3) is 3.92. The number of anilines is 1. The highest BCUT2D eigenvalue weighted by molar-refractivity contribution is 7.15. The molecule has 2 heterocycles. The lowest BCUT2D eigenvalue weighted by Gasteiger charge is -2.20. The summed E-state index contributed by atoms with van der Waals surface area (Å²) < 4.78 is 0. The monoisotopic (exact) mass is 337 g/mol. The van der Waals surface area contributed by atoms with E-state index in [0.29, 0.717) is 10.0 Å². The first-order valence-corrected chi connectivity index (χ1v) is 8.67. The van der Waals surface area contributed by atoms with Crippen LogP contribution < -0.4 is 10.6 Å². The number of hydrogen-bond donors (Lipinski definition) is 2. The first-order valence-electron chi connectivity index (χ1n) is 6.97. The number of aryl methyl sites for hydroxylation is 2. The van der Waals surface area contributed by atoms with Gasteiger partial charge in [-0.25, -0.2) is 4.98 Å². The standard InChI is InChI=1S/C15H19N3O2S2/c1-8(2)12(17-13(19)11-6-5-7-21-11)14(20)18-15-16-9(3)10(4)22-15/h5-8,12H,1-4H3,(H,17,19)(H,16,18,20)/t12-/m0/s1. The van der Waals surface area contributed by atoms with Crippen molar-refractivity contribution in [2.75, 3.05) is 5.32 Å². The zero-order valence-electron chi connectivity index (χ0n) is 13.0. The van der Waals surface area contributed by atoms with Crippen molar-refractivity contribution < 1.29 is 9.59 Å². The van der Waals surface area contributed by atoms with Crippen LogP contribution in [-0.4, -0.2) is 22.8 Å². The van der Waals surface area contributed by atoms with E-state index in [2.05, 4.69) is 15.6 Å². The van der Waals surface area contributed by atoms with E-state index in [1.165, 1.54) is 22.7 Å². The quantitative estimate of drug-likeness (QED) is 0.880. The second kappa shape index (κ2) is 7.02. The minimum Gasteiger partial charge on any atom is -0.339 e. The smallest absolute Gasteiger partial charge is 0.262 e. The number of nitrogens with one attached hydrogen (secondary N) is 2. The summed E-state index contributed by atoms with van der Waals surface area (Å²) in [4.78, 5) is 30.5. The Morgan fingerprint density at radius 2 is 2.00 bits per heavy atom. The van der Waals surface area contributed by atoms with Crippen LogP contribution in [0, 0.1) is 19.8 Å². The average Bonchev–Trinajstić information content (AvgIpc) is 3.06. The highest BCUT2D eigenvalue weighted by Gasteiger charge is 2.25. The summed E-state index contributed by atoms with van der Waals surface area (Å²) in [5, 5.41) is 7.99. The van der Waals surface area contributed by atoms with Crippen LogP contribution >= 0.6 is 22.7 Å². The SMILES string of the molecule is Cc1nc(NC(=O)[C@@H](NC(=O)c2cccs2)C(C)C)sc1C. The maximum Gasteiger partial charge on any atom is 0.262 e. The van der Waals surface area contributed by atoms with E-state index >= 15 is 0 Å². The van der Waals surface area contributed by atoms with Gasteiger partial charge in [0.25, 0.3) is 5.91 Å². The molecular weight excluding hydrogens is 318 g/mol. The van der Waals surface area contributed by atoms with Crippen molar-refractivity contribution in [3.63, 3.8) is 0 Å². The lowest BCUT2D eigenvalue weighted by atomic mass is 10.0. The van der Waals surface area contributed by atoms with E-state index in [9.17, 15) is 9.59 Å². The van der Waals surface area contributed by atoms with E-state index in [0.717, 1.165) is 10.6 Å². The molecular formula is C15H19N3O2S2. The van der Waals surface area contributed by atoms with Crippen LogP contribution in [0.2, 0.25) is 0 Å². The number of rotatable bonds is 5. The molecule has 5 nitrogen and oxygen atoms in total. The van der Waals surface area contributed by atoms with Crippen LogP contribution in [0.1, 0.15) is 34.1 Å². The molecule has 0 spiro atoms. The lowest BCUT2D eigenvalue weighted by Crippen LogP contribution is -2.46. The Kier molecular flexibility index (Phi) is 5.31. The first-order chi connectivity index (χ1) is 10.4. The molecule has 0 radical (unpaired) electrons. The first kappa shape index (κ1) is 16.6. The summed E-state index contributed by atoms with van der Waals surface area (Å²) in [5.41, 5.74) is 0.906. The lowest BCUT2D eigenvalue weighted by molar-refractivity contribution is -0.118. The molecule has 0 saturated carbocycles. The number of carbonyl (C=O) groups excluding carboxylic acids is 2. The highest BCUT2D eigenvalue weighted by atomic mass is 32.1. The zero-order valence-corrected chi connectivity index (χ0v) is 14.6. The van der Waals surface area contributed by atoms with Gasteiger partial charge in [-0.1, -0.05) is 19.9 Å². The fourth-order valence-corrected chi connectivity index (χ4v) is 3.31. The summed E-state index contributed by atoms with van der Waals surface area (Å²) in [6.45, 7) is 7.66. The second-order valence-electron chi connectivity index (χ2n) is 5.32. The van der Waals surface area contributed by atoms with Gasteiger partial charge in [-0.15, -0.1) is 22.7 Å². The summed E-state index contributed by atoms with van der Waals surface area (Å²) in [6, 6.07) is 2.95. The second-order valence-corrected chi connectivity index (χ2v) is 7.47. The van der Waals surface area contributed by atoms with Gasteiger partial charge in [0.15, 0.2) is 5.13 Å². The topological polar surface area (TPSA) is 71.1 Å². The summed E-state index contributed by atoms with van der Waals surface area (Å²) in [6.07, 6.45) is 0. The van der Waals surface area contributed by atoms with Crippen LogP contribution in [0.4, 0.5) is 5.13 Å². The van der Waals surface area contributed by atoms with Gasteiger partial charge >= 0.3 is 0 Å². The Bertz CT molecular complexity index is 643. The molecule has 0 saturated heterocycles. The molecule has 2 aromatic heterocycles. The van der Waals surface area contributed by atoms with Gasteiger partial charge < -0.3 is 10.6 Å². The van der Waals surface area contributed by atoms with Crippen molar-refractivity contribution in [1.82, 2.24) is 10.3 Å². The largest absolute Gasteiger partial charge is 0.339 e. The minimum atomic E-state index is -0.598. The molecule has 0 aliphatic heterocycles. The molecule has 2 aromatic rings. The maximum atomic E-state index is 12.4. The number of hydrogen-bond acceptors (Lipinski definition) is 5. The predicted molar refractivity (Wildman–Crippen MR) is 90.6 cm³/mol. The van der Waals surface area contributed by atoms with Crippen LogP contribution in [0.25, 0.3) is 0 Å². The van der Waals surface area contributed by atoms with Crippen LogP contribution in [0.3, 0.4) is 0 Å². The van der Waals surface area contributed by atoms with Crippen molar-refractivity contribution >= 4 is 39.6 Å². The molecule has 2 N–H and O–H groups in total. The van der Waals surface area contributed by atoms with Gasteiger partial charge in [-0.3, -0.25) is 9.59 Å². The summed E-state index contributed by atoms with van der Waals surface area (Å²) in [5.74, 6) is -0.491. The third-order valence-electron chi connectivity index (χ3n) is 3.24. The van der Waals surface area contributed by atoms with Crippen molar-refractivity contribution in [2.45, 2.75) is 33.7 Å². The Labute approximate surface area is 137 Å². The predicted octanol–water partition coefficient (Wildman–Crippen LogP) is 3.21. The van der Waals surface area contributed by atoms with Gasteiger partial charge in [-0.05, 0) is 31.2 Å². The molecule has 0 aliphatic carbocycles. The van der Waals surface area contributed by atoms with Crippen molar-refractivity contribution in [3.05, 3.63) is 33.0 Å². The minimum absolute atomic E-state index is 0.0222. The van der Waals surface area contributed by atoms with Crippen molar-refractivity contribution in [1.29, 1.82) is 0 Å². The van der Waals surface area contributed by atoms with E-state index < -0.39 is 6.04 Å². The van der Waals surface area contributed by atoms with E-state index in [1.807, 2.05) is 39.1 Å². The average molecular weight is 337 g/mol. The fraction of sp³-hybridized carbons (Fsp3) is 0.400. The summed E-state index contributed by atoms with van der Waals surface area (Å²) >= 11 is 2.79.